The van der Waals surface area contributed by atoms with Crippen LogP contribution in [0.4, 0.5) is 0 Å². The van der Waals surface area contributed by atoms with Crippen molar-refractivity contribution in [2.45, 2.75) is 38.5 Å². The lowest BCUT2D eigenvalue weighted by Gasteiger charge is -2.19. The van der Waals surface area contributed by atoms with Crippen molar-refractivity contribution in [3.05, 3.63) is 101 Å². The largest absolute Gasteiger partial charge is 0.354 e. The van der Waals surface area contributed by atoms with E-state index in [-0.39, 0.29) is 0 Å². The predicted molar refractivity (Wildman–Crippen MR) is 133 cm³/mol. The number of benzene rings is 3. The van der Waals surface area contributed by atoms with Gasteiger partial charge < -0.3 is 4.98 Å². The molecule has 0 radical (unpaired) electrons. The van der Waals surface area contributed by atoms with E-state index in [1.165, 1.54) is 16.7 Å². The Morgan fingerprint density at radius 3 is 2.52 bits per heavy atom. The van der Waals surface area contributed by atoms with Gasteiger partial charge in [0.25, 0.3) is 5.91 Å². The van der Waals surface area contributed by atoms with Gasteiger partial charge in [-0.05, 0) is 58.7 Å². The second-order valence-electron chi connectivity index (χ2n) is 9.04. The van der Waals surface area contributed by atoms with E-state index in [4.69, 9.17) is 0 Å². The molecule has 1 unspecified atom stereocenters. The van der Waals surface area contributed by atoms with Crippen LogP contribution in [-0.4, -0.2) is 16.1 Å². The van der Waals surface area contributed by atoms with E-state index in [0.29, 0.717) is 5.92 Å². The molecule has 4 nitrogen and oxygen atoms in total. The van der Waals surface area contributed by atoms with Crippen LogP contribution in [0.25, 0.3) is 28.2 Å². The molecule has 3 N–H and O–H groups in total. The summed E-state index contributed by atoms with van der Waals surface area (Å²) < 4.78 is 0. The summed E-state index contributed by atoms with van der Waals surface area (Å²) in [5, 5.41) is 10.7. The summed E-state index contributed by atoms with van der Waals surface area (Å²) in [6.07, 6.45) is 6.42. The molecule has 0 fully saturated rings. The molecular weight excluding hydrogens is 408 g/mol. The first-order valence-electron chi connectivity index (χ1n) is 11.5. The van der Waals surface area contributed by atoms with Crippen LogP contribution in [0.1, 0.15) is 59.9 Å². The van der Waals surface area contributed by atoms with Gasteiger partial charge in [-0.25, -0.2) is 5.48 Å². The summed E-state index contributed by atoms with van der Waals surface area (Å²) >= 11 is 0. The minimum atomic E-state index is -0.654. The van der Waals surface area contributed by atoms with Crippen LogP contribution in [0, 0.1) is 0 Å². The number of allylic oxidation sites excluding steroid dienone is 1. The molecule has 1 aliphatic carbocycles. The number of nitrogens with one attached hydrogen (secondary N) is 2. The zero-order valence-electron chi connectivity index (χ0n) is 18.9. The summed E-state index contributed by atoms with van der Waals surface area (Å²) in [6.45, 7) is 4.30. The summed E-state index contributed by atoms with van der Waals surface area (Å²) in [7, 11) is 0. The highest BCUT2D eigenvalue weighted by atomic mass is 16.5. The fourth-order valence-corrected chi connectivity index (χ4v) is 4.87. The number of amides is 1. The van der Waals surface area contributed by atoms with Gasteiger partial charge in [-0.3, -0.25) is 10.0 Å². The Morgan fingerprint density at radius 1 is 1.00 bits per heavy atom. The molecule has 1 atom stereocenters. The number of carbonyl (C=O) groups is 1. The Bertz CT molecular complexity index is 1350. The molecule has 4 aromatic rings. The van der Waals surface area contributed by atoms with Gasteiger partial charge in [0.2, 0.25) is 0 Å². The molecule has 1 aliphatic rings. The first kappa shape index (κ1) is 21.2. The summed E-state index contributed by atoms with van der Waals surface area (Å²) in [6, 6.07) is 22.6. The van der Waals surface area contributed by atoms with E-state index >= 15 is 0 Å². The number of para-hydroxylation sites is 1. The number of aryl methyl sites for hydroxylation is 1. The molecule has 3 aromatic carbocycles. The molecule has 0 aliphatic heterocycles. The van der Waals surface area contributed by atoms with Crippen LogP contribution in [0.3, 0.4) is 0 Å². The highest BCUT2D eigenvalue weighted by molar-refractivity contribution is 5.99. The number of aromatic nitrogens is 1. The number of aromatic amines is 1. The molecule has 33 heavy (non-hydrogen) atoms. The van der Waals surface area contributed by atoms with E-state index < -0.39 is 11.8 Å². The van der Waals surface area contributed by atoms with Gasteiger partial charge in [-0.15, -0.1) is 0 Å². The van der Waals surface area contributed by atoms with Crippen LogP contribution in [0.15, 0.2) is 72.8 Å². The second kappa shape index (κ2) is 8.72. The molecule has 0 saturated carbocycles. The summed E-state index contributed by atoms with van der Waals surface area (Å²) in [5.41, 5.74) is 10.3. The third-order valence-electron chi connectivity index (χ3n) is 6.65. The number of rotatable bonds is 5. The van der Waals surface area contributed by atoms with Gasteiger partial charge in [0.15, 0.2) is 0 Å². The number of H-pyrrole nitrogens is 1. The first-order chi connectivity index (χ1) is 16.1. The maximum atomic E-state index is 13.1. The minimum Gasteiger partial charge on any atom is -0.354 e. The van der Waals surface area contributed by atoms with E-state index in [0.717, 1.165) is 46.1 Å². The fraction of sp³-hybridized carbons (Fsp3) is 0.207. The topological polar surface area (TPSA) is 65.1 Å². The average Bonchev–Trinajstić information content (AvgIpc) is 3.23. The number of hydrogen-bond acceptors (Lipinski definition) is 2. The van der Waals surface area contributed by atoms with Gasteiger partial charge >= 0.3 is 0 Å². The van der Waals surface area contributed by atoms with Gasteiger partial charge in [-0.2, -0.15) is 0 Å². The SMILES string of the molecule is CC(C)c1ccc(C(C(=O)NO)c2c(-c3ccc4c(c3)CCC=C4)[nH]c3ccccc23)cc1. The zero-order valence-corrected chi connectivity index (χ0v) is 18.9. The number of carbonyl (C=O) groups excluding carboxylic acids is 1. The highest BCUT2D eigenvalue weighted by Crippen LogP contribution is 2.40. The maximum Gasteiger partial charge on any atom is 0.255 e. The minimum absolute atomic E-state index is 0.400. The van der Waals surface area contributed by atoms with Crippen LogP contribution >= 0.6 is 0 Å². The standard InChI is InChI=1S/C29H28N2O2/c1-18(2)19-11-14-21(15-12-19)26(29(32)31-33)27-24-9-5-6-10-25(24)30-28(27)23-16-13-20-7-3-4-8-22(20)17-23/h3,5-7,9-18,26,30,33H,4,8H2,1-2H3,(H,31,32). The molecule has 1 aromatic heterocycles. The smallest absolute Gasteiger partial charge is 0.255 e. The van der Waals surface area contributed by atoms with Crippen molar-refractivity contribution in [3.8, 4) is 11.3 Å². The molecule has 1 heterocycles. The van der Waals surface area contributed by atoms with E-state index in [1.54, 1.807) is 0 Å². The van der Waals surface area contributed by atoms with Crippen molar-refractivity contribution in [2.24, 2.45) is 0 Å². The Morgan fingerprint density at radius 2 is 1.76 bits per heavy atom. The average molecular weight is 437 g/mol. The van der Waals surface area contributed by atoms with Crippen molar-refractivity contribution >= 4 is 22.9 Å². The lowest BCUT2D eigenvalue weighted by Crippen LogP contribution is -2.27. The van der Waals surface area contributed by atoms with Crippen molar-refractivity contribution in [1.29, 1.82) is 0 Å². The summed E-state index contributed by atoms with van der Waals surface area (Å²) in [4.78, 5) is 16.7. The quantitative estimate of drug-likeness (QED) is 0.245. The monoisotopic (exact) mass is 436 g/mol. The second-order valence-corrected chi connectivity index (χ2v) is 9.04. The molecule has 4 heteroatoms. The first-order valence-corrected chi connectivity index (χ1v) is 11.5. The maximum absolute atomic E-state index is 13.1. The molecule has 0 spiro atoms. The Balaban J connectivity index is 1.73. The van der Waals surface area contributed by atoms with Crippen molar-refractivity contribution < 1.29 is 10.0 Å². The zero-order chi connectivity index (χ0) is 22.9. The Labute approximate surface area is 193 Å². The number of hydroxylamine groups is 1. The van der Waals surface area contributed by atoms with E-state index in [1.807, 2.05) is 41.9 Å². The normalized spacial score (nSPS) is 13.8. The third-order valence-corrected chi connectivity index (χ3v) is 6.65. The van der Waals surface area contributed by atoms with Gasteiger partial charge in [0.05, 0.1) is 11.6 Å². The molecule has 5 rings (SSSR count). The van der Waals surface area contributed by atoms with Gasteiger partial charge in [0, 0.05) is 16.5 Å². The third kappa shape index (κ3) is 3.87. The molecule has 0 saturated heterocycles. The van der Waals surface area contributed by atoms with Gasteiger partial charge in [-0.1, -0.05) is 80.6 Å². The van der Waals surface area contributed by atoms with Crippen LogP contribution in [-0.2, 0) is 11.2 Å². The highest BCUT2D eigenvalue weighted by Gasteiger charge is 2.29. The van der Waals surface area contributed by atoms with Crippen LogP contribution in [0.2, 0.25) is 0 Å². The number of hydrogen-bond donors (Lipinski definition) is 3. The molecular formula is C29H28N2O2. The molecule has 1 amide bonds. The van der Waals surface area contributed by atoms with Crippen molar-refractivity contribution in [3.63, 3.8) is 0 Å². The fourth-order valence-electron chi connectivity index (χ4n) is 4.87. The number of fused-ring (bicyclic) bond motifs is 2. The lowest BCUT2D eigenvalue weighted by atomic mass is 9.85. The Kier molecular flexibility index (Phi) is 5.61. The predicted octanol–water partition coefficient (Wildman–Crippen LogP) is 6.56. The van der Waals surface area contributed by atoms with Crippen LogP contribution in [0.5, 0.6) is 0 Å². The van der Waals surface area contributed by atoms with Crippen molar-refractivity contribution in [2.75, 3.05) is 0 Å². The van der Waals surface area contributed by atoms with Crippen molar-refractivity contribution in [1.82, 2.24) is 10.5 Å². The molecule has 0 bridgehead atoms. The molecule has 166 valence electrons. The summed E-state index contributed by atoms with van der Waals surface area (Å²) in [5.74, 6) is -0.699. The van der Waals surface area contributed by atoms with Crippen LogP contribution < -0.4 is 5.48 Å². The lowest BCUT2D eigenvalue weighted by molar-refractivity contribution is -0.129. The van der Waals surface area contributed by atoms with E-state index in [9.17, 15) is 10.0 Å². The van der Waals surface area contributed by atoms with Gasteiger partial charge in [0.1, 0.15) is 0 Å². The Hall–Kier alpha value is -3.63. The van der Waals surface area contributed by atoms with E-state index in [2.05, 4.69) is 61.3 Å².